The van der Waals surface area contributed by atoms with Gasteiger partial charge in [-0.05, 0) is 18.2 Å². The molecule has 0 aliphatic carbocycles. The Kier molecular flexibility index (Phi) is 4.67. The Balaban J connectivity index is 1.90. The Labute approximate surface area is 123 Å². The topological polar surface area (TPSA) is 72.9 Å². The highest BCUT2D eigenvalue weighted by Gasteiger charge is 2.24. The number of phenolic OH excluding ortho intramolecular Hbond substituents is 1. The first-order chi connectivity index (χ1) is 10.1. The molecular formula is C15H17N3O3. The molecule has 1 aliphatic heterocycles. The van der Waals surface area contributed by atoms with E-state index >= 15 is 0 Å². The summed E-state index contributed by atoms with van der Waals surface area (Å²) in [6, 6.07) is 6.04. The zero-order valence-corrected chi connectivity index (χ0v) is 11.6. The number of benzene rings is 1. The van der Waals surface area contributed by atoms with E-state index in [-0.39, 0.29) is 24.2 Å². The van der Waals surface area contributed by atoms with Gasteiger partial charge in [-0.1, -0.05) is 12.0 Å². The van der Waals surface area contributed by atoms with Gasteiger partial charge in [0.15, 0.2) is 0 Å². The van der Waals surface area contributed by atoms with E-state index in [1.807, 2.05) is 0 Å². The second-order valence-electron chi connectivity index (χ2n) is 4.69. The molecule has 2 rings (SSSR count). The highest BCUT2D eigenvalue weighted by Crippen LogP contribution is 2.14. The number of phenols is 1. The lowest BCUT2D eigenvalue weighted by Crippen LogP contribution is -2.53. The van der Waals surface area contributed by atoms with Gasteiger partial charge in [-0.3, -0.25) is 4.79 Å². The summed E-state index contributed by atoms with van der Waals surface area (Å²) in [7, 11) is 0. The van der Waals surface area contributed by atoms with Crippen LogP contribution in [0.4, 0.5) is 4.79 Å². The molecule has 0 aromatic heterocycles. The summed E-state index contributed by atoms with van der Waals surface area (Å²) >= 11 is 0. The van der Waals surface area contributed by atoms with Gasteiger partial charge in [-0.15, -0.1) is 6.42 Å². The van der Waals surface area contributed by atoms with Crippen LogP contribution in [0.15, 0.2) is 24.3 Å². The van der Waals surface area contributed by atoms with Crippen LogP contribution in [0.1, 0.15) is 10.4 Å². The van der Waals surface area contributed by atoms with Crippen LogP contribution in [0.3, 0.4) is 0 Å². The average Bonchev–Trinajstić information content (AvgIpc) is 2.52. The van der Waals surface area contributed by atoms with Crippen LogP contribution in [0.2, 0.25) is 0 Å². The lowest BCUT2D eigenvalue weighted by atomic mass is 10.1. The summed E-state index contributed by atoms with van der Waals surface area (Å²) in [5, 5.41) is 12.0. The minimum Gasteiger partial charge on any atom is -0.508 e. The largest absolute Gasteiger partial charge is 0.508 e. The number of terminal acetylenes is 1. The third-order valence-electron chi connectivity index (χ3n) is 3.29. The van der Waals surface area contributed by atoms with E-state index in [9.17, 15) is 14.7 Å². The van der Waals surface area contributed by atoms with E-state index in [1.54, 1.807) is 21.9 Å². The Morgan fingerprint density at radius 2 is 1.90 bits per heavy atom. The zero-order valence-electron chi connectivity index (χ0n) is 11.6. The summed E-state index contributed by atoms with van der Waals surface area (Å²) < 4.78 is 0. The fourth-order valence-corrected chi connectivity index (χ4v) is 2.17. The number of rotatable bonds is 2. The maximum atomic E-state index is 12.3. The van der Waals surface area contributed by atoms with Gasteiger partial charge in [0, 0.05) is 31.7 Å². The normalized spacial score (nSPS) is 14.4. The van der Waals surface area contributed by atoms with Gasteiger partial charge in [-0.2, -0.15) is 0 Å². The average molecular weight is 287 g/mol. The van der Waals surface area contributed by atoms with Crippen molar-refractivity contribution in [3.8, 4) is 18.1 Å². The maximum Gasteiger partial charge on any atom is 0.318 e. The molecule has 0 unspecified atom stereocenters. The summed E-state index contributed by atoms with van der Waals surface area (Å²) in [4.78, 5) is 27.3. The minimum atomic E-state index is -0.211. The summed E-state index contributed by atoms with van der Waals surface area (Å²) in [6.07, 6.45) is 5.09. The maximum absolute atomic E-state index is 12.3. The number of aromatic hydroxyl groups is 1. The van der Waals surface area contributed by atoms with Crippen LogP contribution in [-0.4, -0.2) is 59.6 Å². The van der Waals surface area contributed by atoms with E-state index in [0.29, 0.717) is 31.7 Å². The second-order valence-corrected chi connectivity index (χ2v) is 4.69. The van der Waals surface area contributed by atoms with Gasteiger partial charge in [0.1, 0.15) is 5.75 Å². The molecule has 1 aromatic rings. The summed E-state index contributed by atoms with van der Waals surface area (Å²) in [5.41, 5.74) is 0.445. The first-order valence-corrected chi connectivity index (χ1v) is 6.66. The van der Waals surface area contributed by atoms with Crippen molar-refractivity contribution in [1.29, 1.82) is 0 Å². The molecule has 0 saturated carbocycles. The molecular weight excluding hydrogens is 270 g/mol. The Morgan fingerprint density at radius 3 is 2.52 bits per heavy atom. The van der Waals surface area contributed by atoms with Crippen molar-refractivity contribution in [2.24, 2.45) is 0 Å². The SMILES string of the molecule is C#CCNC(=O)N1CCN(C(=O)c2cccc(O)c2)CC1. The zero-order chi connectivity index (χ0) is 15.2. The molecule has 1 aromatic carbocycles. The van der Waals surface area contributed by atoms with Crippen molar-refractivity contribution in [2.45, 2.75) is 0 Å². The first kappa shape index (κ1) is 14.7. The highest BCUT2D eigenvalue weighted by atomic mass is 16.3. The molecule has 6 nitrogen and oxygen atoms in total. The van der Waals surface area contributed by atoms with Gasteiger partial charge < -0.3 is 20.2 Å². The van der Waals surface area contributed by atoms with Crippen molar-refractivity contribution in [1.82, 2.24) is 15.1 Å². The molecule has 6 heteroatoms. The van der Waals surface area contributed by atoms with Crippen LogP contribution < -0.4 is 5.32 Å². The van der Waals surface area contributed by atoms with Crippen LogP contribution in [0.25, 0.3) is 0 Å². The lowest BCUT2D eigenvalue weighted by molar-refractivity contribution is 0.0665. The number of nitrogens with one attached hydrogen (secondary N) is 1. The predicted octanol–water partition coefficient (Wildman–Crippen LogP) is 0.493. The number of piperazine rings is 1. The van der Waals surface area contributed by atoms with Crippen molar-refractivity contribution in [3.63, 3.8) is 0 Å². The molecule has 1 heterocycles. The van der Waals surface area contributed by atoms with Crippen LogP contribution in [0, 0.1) is 12.3 Å². The van der Waals surface area contributed by atoms with Crippen molar-refractivity contribution in [2.75, 3.05) is 32.7 Å². The van der Waals surface area contributed by atoms with Crippen LogP contribution >= 0.6 is 0 Å². The van der Waals surface area contributed by atoms with Crippen molar-refractivity contribution >= 4 is 11.9 Å². The number of amides is 3. The number of hydrogen-bond acceptors (Lipinski definition) is 3. The van der Waals surface area contributed by atoms with Crippen molar-refractivity contribution < 1.29 is 14.7 Å². The van der Waals surface area contributed by atoms with E-state index in [4.69, 9.17) is 6.42 Å². The molecule has 1 aliphatic rings. The molecule has 21 heavy (non-hydrogen) atoms. The summed E-state index contributed by atoms with van der Waals surface area (Å²) in [6.45, 7) is 2.03. The van der Waals surface area contributed by atoms with E-state index in [1.165, 1.54) is 12.1 Å². The van der Waals surface area contributed by atoms with E-state index < -0.39 is 0 Å². The van der Waals surface area contributed by atoms with Crippen LogP contribution in [0.5, 0.6) is 5.75 Å². The predicted molar refractivity (Wildman–Crippen MR) is 77.8 cm³/mol. The molecule has 0 spiro atoms. The van der Waals surface area contributed by atoms with Gasteiger partial charge in [0.05, 0.1) is 6.54 Å². The molecule has 1 fully saturated rings. The number of carbonyl (C=O) groups is 2. The molecule has 0 radical (unpaired) electrons. The first-order valence-electron chi connectivity index (χ1n) is 6.66. The Morgan fingerprint density at radius 1 is 1.24 bits per heavy atom. The molecule has 110 valence electrons. The molecule has 0 bridgehead atoms. The number of urea groups is 1. The van der Waals surface area contributed by atoms with Gasteiger partial charge in [-0.25, -0.2) is 4.79 Å². The molecule has 2 N–H and O–H groups in total. The van der Waals surface area contributed by atoms with Crippen molar-refractivity contribution in [3.05, 3.63) is 29.8 Å². The van der Waals surface area contributed by atoms with Gasteiger partial charge in [0.2, 0.25) is 0 Å². The van der Waals surface area contributed by atoms with E-state index in [0.717, 1.165) is 0 Å². The smallest absolute Gasteiger partial charge is 0.318 e. The standard InChI is InChI=1S/C15H17N3O3/c1-2-6-16-15(21)18-9-7-17(8-10-18)14(20)12-4-3-5-13(19)11-12/h1,3-5,11,19H,6-10H2,(H,16,21). The van der Waals surface area contributed by atoms with Gasteiger partial charge in [0.25, 0.3) is 5.91 Å². The number of carbonyl (C=O) groups excluding carboxylic acids is 2. The monoisotopic (exact) mass is 287 g/mol. The third kappa shape index (κ3) is 3.66. The summed E-state index contributed by atoms with van der Waals surface area (Å²) in [5.74, 6) is 2.26. The lowest BCUT2D eigenvalue weighted by Gasteiger charge is -2.34. The Bertz CT molecular complexity index is 572. The highest BCUT2D eigenvalue weighted by molar-refractivity contribution is 5.94. The minimum absolute atomic E-state index is 0.0631. The Hall–Kier alpha value is -2.68. The fourth-order valence-electron chi connectivity index (χ4n) is 2.17. The van der Waals surface area contributed by atoms with Gasteiger partial charge >= 0.3 is 6.03 Å². The van der Waals surface area contributed by atoms with Crippen LogP contribution in [-0.2, 0) is 0 Å². The fraction of sp³-hybridized carbons (Fsp3) is 0.333. The quantitative estimate of drug-likeness (QED) is 0.778. The number of hydrogen-bond donors (Lipinski definition) is 2. The van der Waals surface area contributed by atoms with E-state index in [2.05, 4.69) is 11.2 Å². The molecule has 1 saturated heterocycles. The number of nitrogens with zero attached hydrogens (tertiary/aromatic N) is 2. The third-order valence-corrected chi connectivity index (χ3v) is 3.29. The second kappa shape index (κ2) is 6.66. The molecule has 0 atom stereocenters. The molecule has 3 amide bonds.